The summed E-state index contributed by atoms with van der Waals surface area (Å²) in [7, 11) is 2.14. The number of piperidine rings is 1. The summed E-state index contributed by atoms with van der Waals surface area (Å²) in [6.45, 7) is 7.49. The lowest BCUT2D eigenvalue weighted by atomic mass is 9.83. The van der Waals surface area contributed by atoms with Crippen molar-refractivity contribution in [2.45, 2.75) is 64.5 Å². The van der Waals surface area contributed by atoms with E-state index in [9.17, 15) is 0 Å². The Balaban J connectivity index is 1.86. The van der Waals surface area contributed by atoms with Crippen molar-refractivity contribution in [2.75, 3.05) is 20.1 Å². The van der Waals surface area contributed by atoms with Gasteiger partial charge in [0.15, 0.2) is 0 Å². The molecule has 2 fully saturated rings. The molecule has 1 saturated heterocycles. The third kappa shape index (κ3) is 3.45. The van der Waals surface area contributed by atoms with Crippen molar-refractivity contribution >= 4 is 0 Å². The number of nitrogens with one attached hydrogen (secondary N) is 1. The van der Waals surface area contributed by atoms with Crippen LogP contribution < -0.4 is 5.32 Å². The quantitative estimate of drug-likeness (QED) is 0.813. The Morgan fingerprint density at radius 2 is 1.88 bits per heavy atom. The van der Waals surface area contributed by atoms with Gasteiger partial charge in [-0.25, -0.2) is 0 Å². The highest BCUT2D eigenvalue weighted by Gasteiger charge is 2.29. The lowest BCUT2D eigenvalue weighted by Gasteiger charge is -2.41. The molecule has 1 aliphatic carbocycles. The van der Waals surface area contributed by atoms with E-state index in [-0.39, 0.29) is 0 Å². The first kappa shape index (κ1) is 13.4. The van der Waals surface area contributed by atoms with Crippen LogP contribution in [0.15, 0.2) is 0 Å². The minimum atomic E-state index is 0.773. The van der Waals surface area contributed by atoms with Gasteiger partial charge in [-0.3, -0.25) is 0 Å². The Morgan fingerprint density at radius 1 is 1.12 bits per heavy atom. The second-order valence-corrected chi connectivity index (χ2v) is 6.41. The van der Waals surface area contributed by atoms with Gasteiger partial charge < -0.3 is 10.2 Å². The monoisotopic (exact) mass is 238 g/mol. The molecule has 2 nitrogen and oxygen atoms in total. The zero-order valence-electron chi connectivity index (χ0n) is 11.9. The molecule has 1 heterocycles. The summed E-state index contributed by atoms with van der Waals surface area (Å²) in [5.41, 5.74) is 0. The van der Waals surface area contributed by atoms with Crippen LogP contribution in [0.2, 0.25) is 0 Å². The Morgan fingerprint density at radius 3 is 2.59 bits per heavy atom. The molecule has 2 rings (SSSR count). The van der Waals surface area contributed by atoms with Gasteiger partial charge in [0, 0.05) is 18.6 Å². The van der Waals surface area contributed by atoms with Crippen LogP contribution in [0.1, 0.15) is 52.4 Å². The zero-order chi connectivity index (χ0) is 12.3. The van der Waals surface area contributed by atoms with Crippen molar-refractivity contribution in [1.82, 2.24) is 10.2 Å². The minimum Gasteiger partial charge on any atom is -0.317 e. The van der Waals surface area contributed by atoms with E-state index in [0.717, 1.165) is 23.9 Å². The molecular weight excluding hydrogens is 208 g/mol. The number of likely N-dealkylation sites (tertiary alicyclic amines) is 1. The first-order chi connectivity index (χ1) is 8.20. The van der Waals surface area contributed by atoms with E-state index in [2.05, 4.69) is 31.1 Å². The molecule has 0 bridgehead atoms. The highest BCUT2D eigenvalue weighted by Crippen LogP contribution is 2.28. The Hall–Kier alpha value is -0.0800. The Bertz CT molecular complexity index is 229. The van der Waals surface area contributed by atoms with Crippen LogP contribution in [0.25, 0.3) is 0 Å². The molecule has 17 heavy (non-hydrogen) atoms. The molecule has 0 aromatic carbocycles. The Labute approximate surface area is 107 Å². The normalized spacial score (nSPS) is 40.4. The summed E-state index contributed by atoms with van der Waals surface area (Å²) in [6, 6.07) is 1.58. The standard InChI is InChI=1S/C15H30N2/c1-12-8-9-17(13(2)10-12)11-14-6-4-5-7-15(14)16-3/h12-16H,4-11H2,1-3H3. The maximum absolute atomic E-state index is 3.54. The summed E-state index contributed by atoms with van der Waals surface area (Å²) < 4.78 is 0. The lowest BCUT2D eigenvalue weighted by molar-refractivity contribution is 0.0894. The molecule has 2 heteroatoms. The average Bonchev–Trinajstić information content (AvgIpc) is 2.33. The molecule has 0 spiro atoms. The van der Waals surface area contributed by atoms with Gasteiger partial charge in [-0.2, -0.15) is 0 Å². The van der Waals surface area contributed by atoms with Crippen molar-refractivity contribution in [1.29, 1.82) is 0 Å². The largest absolute Gasteiger partial charge is 0.317 e. The predicted octanol–water partition coefficient (Wildman–Crippen LogP) is 2.89. The molecule has 0 aromatic heterocycles. The van der Waals surface area contributed by atoms with Crippen LogP contribution in [-0.2, 0) is 0 Å². The zero-order valence-corrected chi connectivity index (χ0v) is 11.9. The molecule has 1 saturated carbocycles. The second kappa shape index (κ2) is 6.19. The fourth-order valence-electron chi connectivity index (χ4n) is 3.83. The third-order valence-electron chi connectivity index (χ3n) is 5.02. The van der Waals surface area contributed by atoms with Crippen molar-refractivity contribution < 1.29 is 0 Å². The van der Waals surface area contributed by atoms with Crippen molar-refractivity contribution in [3.05, 3.63) is 0 Å². The van der Waals surface area contributed by atoms with Gasteiger partial charge in [0.2, 0.25) is 0 Å². The topological polar surface area (TPSA) is 15.3 Å². The number of hydrogen-bond acceptors (Lipinski definition) is 2. The number of hydrogen-bond donors (Lipinski definition) is 1. The van der Waals surface area contributed by atoms with Crippen molar-refractivity contribution in [2.24, 2.45) is 11.8 Å². The molecule has 0 radical (unpaired) electrons. The fourth-order valence-corrected chi connectivity index (χ4v) is 3.83. The molecular formula is C15H30N2. The van der Waals surface area contributed by atoms with E-state index < -0.39 is 0 Å². The predicted molar refractivity (Wildman–Crippen MR) is 74.2 cm³/mol. The van der Waals surface area contributed by atoms with E-state index in [1.807, 2.05) is 0 Å². The van der Waals surface area contributed by atoms with Crippen LogP contribution >= 0.6 is 0 Å². The SMILES string of the molecule is CNC1CCCCC1CN1CCC(C)CC1C. The van der Waals surface area contributed by atoms with E-state index in [1.54, 1.807) is 0 Å². The first-order valence-corrected chi connectivity index (χ1v) is 7.62. The fraction of sp³-hybridized carbons (Fsp3) is 1.00. The lowest BCUT2D eigenvalue weighted by Crippen LogP contribution is -2.48. The summed E-state index contributed by atoms with van der Waals surface area (Å²) >= 11 is 0. The summed E-state index contributed by atoms with van der Waals surface area (Å²) in [6.07, 6.45) is 8.50. The van der Waals surface area contributed by atoms with Gasteiger partial charge in [-0.15, -0.1) is 0 Å². The van der Waals surface area contributed by atoms with Crippen LogP contribution in [0, 0.1) is 11.8 Å². The summed E-state index contributed by atoms with van der Waals surface area (Å²) in [5.74, 6) is 1.83. The summed E-state index contributed by atoms with van der Waals surface area (Å²) in [4.78, 5) is 2.75. The van der Waals surface area contributed by atoms with Crippen molar-refractivity contribution in [3.63, 3.8) is 0 Å². The maximum Gasteiger partial charge on any atom is 0.0104 e. The molecule has 0 aromatic rings. The molecule has 4 unspecified atom stereocenters. The van der Waals surface area contributed by atoms with Crippen LogP contribution in [-0.4, -0.2) is 37.1 Å². The van der Waals surface area contributed by atoms with Gasteiger partial charge in [0.05, 0.1) is 0 Å². The first-order valence-electron chi connectivity index (χ1n) is 7.62. The number of nitrogens with zero attached hydrogens (tertiary/aromatic N) is 1. The maximum atomic E-state index is 3.54. The van der Waals surface area contributed by atoms with Gasteiger partial charge in [-0.05, 0) is 58.0 Å². The second-order valence-electron chi connectivity index (χ2n) is 6.41. The van der Waals surface area contributed by atoms with Crippen molar-refractivity contribution in [3.8, 4) is 0 Å². The molecule has 100 valence electrons. The molecule has 4 atom stereocenters. The smallest absolute Gasteiger partial charge is 0.0104 e. The summed E-state index contributed by atoms with van der Waals surface area (Å²) in [5, 5.41) is 3.54. The van der Waals surface area contributed by atoms with E-state index >= 15 is 0 Å². The molecule has 1 N–H and O–H groups in total. The van der Waals surface area contributed by atoms with Gasteiger partial charge in [0.1, 0.15) is 0 Å². The van der Waals surface area contributed by atoms with Gasteiger partial charge >= 0.3 is 0 Å². The average molecular weight is 238 g/mol. The number of rotatable bonds is 3. The van der Waals surface area contributed by atoms with Gasteiger partial charge in [0.25, 0.3) is 0 Å². The van der Waals surface area contributed by atoms with E-state index in [4.69, 9.17) is 0 Å². The van der Waals surface area contributed by atoms with Crippen LogP contribution in [0.3, 0.4) is 0 Å². The van der Waals surface area contributed by atoms with Crippen LogP contribution in [0.4, 0.5) is 0 Å². The molecule has 1 aliphatic heterocycles. The highest BCUT2D eigenvalue weighted by molar-refractivity contribution is 4.85. The Kier molecular flexibility index (Phi) is 4.87. The molecule has 2 aliphatic rings. The van der Waals surface area contributed by atoms with Gasteiger partial charge in [-0.1, -0.05) is 19.8 Å². The van der Waals surface area contributed by atoms with Crippen LogP contribution in [0.5, 0.6) is 0 Å². The van der Waals surface area contributed by atoms with E-state index in [0.29, 0.717) is 0 Å². The minimum absolute atomic E-state index is 0.773. The van der Waals surface area contributed by atoms with E-state index in [1.165, 1.54) is 51.6 Å². The highest BCUT2D eigenvalue weighted by atomic mass is 15.2. The third-order valence-corrected chi connectivity index (χ3v) is 5.02. The molecule has 0 amide bonds.